The van der Waals surface area contributed by atoms with Crippen molar-refractivity contribution in [2.24, 2.45) is 0 Å². The maximum absolute atomic E-state index is 12.7. The molecular weight excluding hydrogens is 721 g/mol. The van der Waals surface area contributed by atoms with Crippen LogP contribution in [0, 0.1) is 0 Å². The van der Waals surface area contributed by atoms with Crippen molar-refractivity contribution >= 4 is 17.9 Å². The number of rotatable bonds is 43. The third-order valence-corrected chi connectivity index (χ3v) is 10.3. The molecule has 0 amide bonds. The van der Waals surface area contributed by atoms with Gasteiger partial charge in [0.25, 0.3) is 0 Å². The van der Waals surface area contributed by atoms with Crippen molar-refractivity contribution in [2.75, 3.05) is 13.2 Å². The minimum absolute atomic E-state index is 0.110. The zero-order chi connectivity index (χ0) is 42.3. The minimum Gasteiger partial charge on any atom is -0.462 e. The highest BCUT2D eigenvalue weighted by Gasteiger charge is 2.19. The van der Waals surface area contributed by atoms with Gasteiger partial charge in [0.05, 0.1) is 0 Å². The molecule has 1 atom stereocenters. The third kappa shape index (κ3) is 44.2. The van der Waals surface area contributed by atoms with Crippen LogP contribution in [0.3, 0.4) is 0 Å². The Balaban J connectivity index is 4.46. The molecule has 0 aromatic rings. The SMILES string of the molecule is CCCC/C=C\C=C/CCCCCC(=O)OCC(COC(=O)CCCCCCC/C=C\CCCCCCCCC)OC(=O)CC/C=C\C/C=C\CCCCCCCC. The Bertz CT molecular complexity index is 1070. The molecule has 58 heavy (non-hydrogen) atoms. The highest BCUT2D eigenvalue weighted by molar-refractivity contribution is 5.71. The topological polar surface area (TPSA) is 78.9 Å². The van der Waals surface area contributed by atoms with E-state index in [4.69, 9.17) is 14.2 Å². The van der Waals surface area contributed by atoms with Gasteiger partial charge < -0.3 is 14.2 Å². The summed E-state index contributed by atoms with van der Waals surface area (Å²) in [5.41, 5.74) is 0. The molecule has 0 rings (SSSR count). The van der Waals surface area contributed by atoms with Gasteiger partial charge in [0, 0.05) is 19.3 Å². The highest BCUT2D eigenvalue weighted by atomic mass is 16.6. The first-order chi connectivity index (χ1) is 28.5. The second-order valence-electron chi connectivity index (χ2n) is 16.0. The van der Waals surface area contributed by atoms with Gasteiger partial charge in [-0.1, -0.05) is 191 Å². The van der Waals surface area contributed by atoms with E-state index in [9.17, 15) is 14.4 Å². The smallest absolute Gasteiger partial charge is 0.306 e. The summed E-state index contributed by atoms with van der Waals surface area (Å²) in [6.45, 7) is 6.48. The lowest BCUT2D eigenvalue weighted by atomic mass is 10.1. The third-order valence-electron chi connectivity index (χ3n) is 10.3. The van der Waals surface area contributed by atoms with Gasteiger partial charge in [-0.15, -0.1) is 0 Å². The number of esters is 3. The second kappa shape index (κ2) is 46.8. The molecule has 0 spiro atoms. The van der Waals surface area contributed by atoms with Crippen molar-refractivity contribution in [1.82, 2.24) is 0 Å². The van der Waals surface area contributed by atoms with Gasteiger partial charge in [0.2, 0.25) is 0 Å². The number of unbranched alkanes of at least 4 members (excludes halogenated alkanes) is 23. The normalized spacial score (nSPS) is 12.5. The highest BCUT2D eigenvalue weighted by Crippen LogP contribution is 2.13. The van der Waals surface area contributed by atoms with Crippen molar-refractivity contribution in [3.63, 3.8) is 0 Å². The zero-order valence-corrected chi connectivity index (χ0v) is 38.0. The predicted octanol–water partition coefficient (Wildman–Crippen LogP) is 15.7. The van der Waals surface area contributed by atoms with Gasteiger partial charge in [0.1, 0.15) is 13.2 Å². The van der Waals surface area contributed by atoms with Gasteiger partial charge in [0.15, 0.2) is 6.10 Å². The summed E-state index contributed by atoms with van der Waals surface area (Å²) in [6, 6.07) is 0. The quantitative estimate of drug-likeness (QED) is 0.0201. The van der Waals surface area contributed by atoms with Crippen molar-refractivity contribution in [2.45, 2.75) is 239 Å². The fourth-order valence-corrected chi connectivity index (χ4v) is 6.52. The number of carbonyl (C=O) groups excluding carboxylic acids is 3. The summed E-state index contributed by atoms with van der Waals surface area (Å²) in [5.74, 6) is -1.02. The maximum atomic E-state index is 12.7. The fourth-order valence-electron chi connectivity index (χ4n) is 6.52. The molecule has 0 heterocycles. The van der Waals surface area contributed by atoms with Crippen LogP contribution in [0.5, 0.6) is 0 Å². The van der Waals surface area contributed by atoms with Crippen LogP contribution in [0.25, 0.3) is 0 Å². The fraction of sp³-hybridized carbons (Fsp3) is 0.750. The summed E-state index contributed by atoms with van der Waals surface area (Å²) >= 11 is 0. The van der Waals surface area contributed by atoms with Crippen LogP contribution in [0.15, 0.2) is 60.8 Å². The van der Waals surface area contributed by atoms with Crippen LogP contribution in [0.1, 0.15) is 233 Å². The lowest BCUT2D eigenvalue weighted by Crippen LogP contribution is -2.30. The molecule has 0 aromatic carbocycles. The molecular formula is C52H90O6. The first-order valence-electron chi connectivity index (χ1n) is 24.3. The van der Waals surface area contributed by atoms with Crippen LogP contribution >= 0.6 is 0 Å². The summed E-state index contributed by atoms with van der Waals surface area (Å²) in [6.07, 6.45) is 56.5. The molecule has 0 aliphatic carbocycles. The number of hydrogen-bond acceptors (Lipinski definition) is 6. The van der Waals surface area contributed by atoms with E-state index in [1.807, 2.05) is 6.08 Å². The van der Waals surface area contributed by atoms with Crippen molar-refractivity contribution in [1.29, 1.82) is 0 Å². The number of allylic oxidation sites excluding steroid dienone is 10. The molecule has 6 heteroatoms. The van der Waals surface area contributed by atoms with E-state index in [0.717, 1.165) is 70.6 Å². The van der Waals surface area contributed by atoms with Crippen LogP contribution in [0.4, 0.5) is 0 Å². The lowest BCUT2D eigenvalue weighted by molar-refractivity contribution is -0.166. The van der Waals surface area contributed by atoms with E-state index in [1.54, 1.807) is 0 Å². The first-order valence-corrected chi connectivity index (χ1v) is 24.3. The van der Waals surface area contributed by atoms with Crippen molar-refractivity contribution in [3.05, 3.63) is 60.8 Å². The maximum Gasteiger partial charge on any atom is 0.306 e. The standard InChI is InChI=1S/C52H90O6/c1-4-7-10-13-16-19-22-24-25-26-28-30-33-36-39-42-45-51(54)57-48-49(47-56-50(53)44-41-38-35-32-29-21-18-15-12-9-6-3)58-52(55)46-43-40-37-34-31-27-23-20-17-14-11-8-5-2/h15,18,21,25-27,29,31,37,40,49H,4-14,16-17,19-20,22-24,28,30,32-36,38-39,41-48H2,1-3H3/b18-15-,26-25-,29-21-,31-27-,40-37-. The van der Waals surface area contributed by atoms with Gasteiger partial charge in [-0.2, -0.15) is 0 Å². The molecule has 0 aliphatic rings. The summed E-state index contributed by atoms with van der Waals surface area (Å²) in [5, 5.41) is 0. The molecule has 0 N–H and O–H groups in total. The largest absolute Gasteiger partial charge is 0.462 e. The van der Waals surface area contributed by atoms with Gasteiger partial charge in [-0.25, -0.2) is 0 Å². The molecule has 1 unspecified atom stereocenters. The lowest BCUT2D eigenvalue weighted by Gasteiger charge is -2.18. The van der Waals surface area contributed by atoms with Gasteiger partial charge >= 0.3 is 17.9 Å². The van der Waals surface area contributed by atoms with Crippen LogP contribution in [0.2, 0.25) is 0 Å². The molecule has 0 aromatic heterocycles. The number of carbonyl (C=O) groups is 3. The molecule has 0 fully saturated rings. The number of ether oxygens (including phenoxy) is 3. The molecule has 0 radical (unpaired) electrons. The van der Waals surface area contributed by atoms with E-state index in [1.165, 1.54) is 116 Å². The second-order valence-corrected chi connectivity index (χ2v) is 16.0. The zero-order valence-electron chi connectivity index (χ0n) is 38.0. The molecule has 0 aliphatic heterocycles. The van der Waals surface area contributed by atoms with E-state index in [0.29, 0.717) is 19.3 Å². The first kappa shape index (κ1) is 55.1. The van der Waals surface area contributed by atoms with E-state index < -0.39 is 6.10 Å². The summed E-state index contributed by atoms with van der Waals surface area (Å²) in [7, 11) is 0. The van der Waals surface area contributed by atoms with Gasteiger partial charge in [-0.05, 0) is 83.5 Å². The van der Waals surface area contributed by atoms with E-state index in [-0.39, 0.29) is 37.5 Å². The van der Waals surface area contributed by atoms with E-state index in [2.05, 4.69) is 75.5 Å². The Labute approximate surface area is 358 Å². The Morgan fingerprint density at radius 2 is 0.724 bits per heavy atom. The molecule has 6 nitrogen and oxygen atoms in total. The summed E-state index contributed by atoms with van der Waals surface area (Å²) in [4.78, 5) is 37.8. The average molecular weight is 811 g/mol. The van der Waals surface area contributed by atoms with E-state index >= 15 is 0 Å². The monoisotopic (exact) mass is 811 g/mol. The Morgan fingerprint density at radius 1 is 0.362 bits per heavy atom. The molecule has 334 valence electrons. The van der Waals surface area contributed by atoms with Crippen molar-refractivity contribution in [3.8, 4) is 0 Å². The van der Waals surface area contributed by atoms with Gasteiger partial charge in [-0.3, -0.25) is 14.4 Å². The van der Waals surface area contributed by atoms with Crippen LogP contribution in [-0.4, -0.2) is 37.2 Å². The Kier molecular flexibility index (Phi) is 44.5. The molecule has 0 saturated carbocycles. The predicted molar refractivity (Wildman–Crippen MR) is 247 cm³/mol. The molecule has 0 saturated heterocycles. The van der Waals surface area contributed by atoms with Crippen molar-refractivity contribution < 1.29 is 28.6 Å². The van der Waals surface area contributed by atoms with Crippen LogP contribution < -0.4 is 0 Å². The summed E-state index contributed by atoms with van der Waals surface area (Å²) < 4.78 is 16.6. The van der Waals surface area contributed by atoms with Crippen LogP contribution in [-0.2, 0) is 28.6 Å². The Hall–Kier alpha value is -2.89. The molecule has 0 bridgehead atoms. The minimum atomic E-state index is -0.816. The average Bonchev–Trinajstić information content (AvgIpc) is 3.22. The Morgan fingerprint density at radius 3 is 1.21 bits per heavy atom. The number of hydrogen-bond donors (Lipinski definition) is 0.